The largest absolute Gasteiger partial charge is 0.527 e. The van der Waals surface area contributed by atoms with Gasteiger partial charge < -0.3 is 9.79 Å². The monoisotopic (exact) mass is 362 g/mol. The zero-order valence-corrected chi connectivity index (χ0v) is 15.5. The van der Waals surface area contributed by atoms with Crippen LogP contribution in [0.25, 0.3) is 0 Å². The number of phosphoric acid groups is 2. The molecule has 0 saturated heterocycles. The molecule has 0 aliphatic carbocycles. The predicted octanol–water partition coefficient (Wildman–Crippen LogP) is 3.34. The number of rotatable bonds is 13. The van der Waals surface area contributed by atoms with Crippen LogP contribution in [0.2, 0.25) is 0 Å². The highest BCUT2D eigenvalue weighted by molar-refractivity contribution is 7.60. The predicted molar refractivity (Wildman–Crippen MR) is 83.6 cm³/mol. The van der Waals surface area contributed by atoms with Crippen LogP contribution in [0.3, 0.4) is 0 Å². The van der Waals surface area contributed by atoms with Crippen LogP contribution in [0.1, 0.15) is 59.3 Å². The second-order valence-electron chi connectivity index (χ2n) is 5.41. The molecular formula is C12H30NO7P2+. The molecule has 1 atom stereocenters. The van der Waals surface area contributed by atoms with Gasteiger partial charge in [0.25, 0.3) is 0 Å². The van der Waals surface area contributed by atoms with Crippen LogP contribution in [-0.2, 0) is 18.1 Å². The number of hydrogen-bond donors (Lipinski definition) is 3. The Kier molecular flexibility index (Phi) is 10.3. The highest BCUT2D eigenvalue weighted by Gasteiger charge is 2.43. The van der Waals surface area contributed by atoms with E-state index in [1.807, 2.05) is 20.8 Å². The molecule has 0 amide bonds. The lowest BCUT2D eigenvalue weighted by molar-refractivity contribution is -1.08. The van der Waals surface area contributed by atoms with Crippen molar-refractivity contribution in [1.82, 2.24) is 0 Å². The highest BCUT2D eigenvalue weighted by Crippen LogP contribution is 2.59. The van der Waals surface area contributed by atoms with Gasteiger partial charge in [0.05, 0.1) is 0 Å². The zero-order valence-electron chi connectivity index (χ0n) is 13.7. The molecule has 0 rings (SSSR count). The van der Waals surface area contributed by atoms with Gasteiger partial charge in [-0.05, 0) is 19.3 Å². The molecule has 0 aromatic heterocycles. The Balaban J connectivity index is 5.21. The molecular weight excluding hydrogens is 332 g/mol. The van der Waals surface area contributed by atoms with E-state index in [0.29, 0.717) is 19.6 Å². The summed E-state index contributed by atoms with van der Waals surface area (Å²) in [4.78, 5) is 27.2. The first-order valence-corrected chi connectivity index (χ1v) is 10.8. The Bertz CT molecular complexity index is 377. The maximum absolute atomic E-state index is 11.9. The van der Waals surface area contributed by atoms with Gasteiger partial charge in [-0.25, -0.2) is 9.13 Å². The normalized spacial score (nSPS) is 15.7. The maximum Gasteiger partial charge on any atom is 0.527 e. The first-order chi connectivity index (χ1) is 10.1. The van der Waals surface area contributed by atoms with Crippen molar-refractivity contribution in [3.8, 4) is 0 Å². The molecule has 3 N–H and O–H groups in total. The van der Waals surface area contributed by atoms with Crippen LogP contribution < -0.4 is 0 Å². The molecule has 0 aromatic rings. The summed E-state index contributed by atoms with van der Waals surface area (Å²) >= 11 is 0. The Morgan fingerprint density at radius 2 is 1.18 bits per heavy atom. The smallest absolute Gasteiger partial charge is 0.302 e. The molecule has 0 aliphatic heterocycles. The van der Waals surface area contributed by atoms with Crippen molar-refractivity contribution in [3.63, 3.8) is 0 Å². The summed E-state index contributed by atoms with van der Waals surface area (Å²) in [6.07, 6.45) is 5.00. The quantitative estimate of drug-likeness (QED) is 0.262. The van der Waals surface area contributed by atoms with E-state index in [4.69, 9.17) is 14.4 Å². The average molecular weight is 362 g/mol. The molecule has 0 radical (unpaired) electrons. The zero-order chi connectivity index (χ0) is 17.3. The fourth-order valence-corrected chi connectivity index (χ4v) is 4.04. The summed E-state index contributed by atoms with van der Waals surface area (Å²) in [7, 11) is -9.95. The van der Waals surface area contributed by atoms with E-state index >= 15 is 0 Å². The topological polar surface area (TPSA) is 113 Å². The highest BCUT2D eigenvalue weighted by atomic mass is 31.3. The average Bonchev–Trinajstić information content (AvgIpc) is 2.37. The van der Waals surface area contributed by atoms with Crippen LogP contribution in [-0.4, -0.2) is 39.0 Å². The first-order valence-electron chi connectivity index (χ1n) is 7.77. The minimum atomic E-state index is -5.10. The Morgan fingerprint density at radius 1 is 0.818 bits per heavy atom. The van der Waals surface area contributed by atoms with Gasteiger partial charge in [0.15, 0.2) is 0 Å². The number of unbranched alkanes of at least 4 members (excludes halogenated alkanes) is 3. The molecule has 134 valence electrons. The summed E-state index contributed by atoms with van der Waals surface area (Å²) in [5.41, 5.74) is 0. The van der Waals surface area contributed by atoms with Crippen molar-refractivity contribution in [3.05, 3.63) is 0 Å². The Morgan fingerprint density at radius 3 is 1.45 bits per heavy atom. The number of nitrogens with zero attached hydrogens (tertiary/aromatic N) is 1. The molecule has 22 heavy (non-hydrogen) atoms. The standard InChI is InChI=1S/C12H29NO7P2/c1-4-7-10-13(11-8-5-2,12-9-6-3)19-22(17,18)20-21(14,15)16/h4-12H2,1-3H3,(H2-,14,15,16,17,18)/p+1. The van der Waals surface area contributed by atoms with E-state index in [1.165, 1.54) is 0 Å². The minimum absolute atomic E-state index is 0.108. The van der Waals surface area contributed by atoms with Crippen LogP contribution in [0.5, 0.6) is 0 Å². The molecule has 0 heterocycles. The van der Waals surface area contributed by atoms with Crippen LogP contribution in [0, 0.1) is 0 Å². The van der Waals surface area contributed by atoms with E-state index in [-0.39, 0.29) is 4.65 Å². The van der Waals surface area contributed by atoms with E-state index in [1.54, 1.807) is 0 Å². The maximum atomic E-state index is 11.9. The van der Waals surface area contributed by atoms with Gasteiger partial charge in [0.1, 0.15) is 19.6 Å². The Hall–Kier alpha value is 0.220. The lowest BCUT2D eigenvalue weighted by Gasteiger charge is -2.35. The third-order valence-corrected chi connectivity index (χ3v) is 5.47. The number of quaternary nitrogens is 1. The molecule has 0 saturated carbocycles. The van der Waals surface area contributed by atoms with Gasteiger partial charge in [-0.3, -0.25) is 4.89 Å². The van der Waals surface area contributed by atoms with Gasteiger partial charge in [-0.1, -0.05) is 44.7 Å². The third kappa shape index (κ3) is 10.1. The van der Waals surface area contributed by atoms with Crippen molar-refractivity contribution in [2.75, 3.05) is 19.6 Å². The van der Waals surface area contributed by atoms with E-state index in [0.717, 1.165) is 38.5 Å². The molecule has 10 heteroatoms. The van der Waals surface area contributed by atoms with Gasteiger partial charge >= 0.3 is 15.6 Å². The van der Waals surface area contributed by atoms with Crippen molar-refractivity contribution in [2.45, 2.75) is 59.3 Å². The van der Waals surface area contributed by atoms with Crippen molar-refractivity contribution in [1.29, 1.82) is 0 Å². The van der Waals surface area contributed by atoms with Gasteiger partial charge in [-0.15, -0.1) is 0 Å². The summed E-state index contributed by atoms with van der Waals surface area (Å²) in [5.74, 6) is 0. The summed E-state index contributed by atoms with van der Waals surface area (Å²) in [6, 6.07) is 0. The van der Waals surface area contributed by atoms with Crippen LogP contribution in [0.4, 0.5) is 0 Å². The van der Waals surface area contributed by atoms with Crippen LogP contribution in [0.15, 0.2) is 0 Å². The van der Waals surface area contributed by atoms with E-state index in [2.05, 4.69) is 4.31 Å². The molecule has 0 fully saturated rings. The SMILES string of the molecule is CCCC[N+](CCCC)(CCCC)OP(=O)(O)OP(=O)(O)O. The lowest BCUT2D eigenvalue weighted by Crippen LogP contribution is -2.49. The second kappa shape index (κ2) is 10.2. The molecule has 1 unspecified atom stereocenters. The fourth-order valence-electron chi connectivity index (χ4n) is 2.16. The first kappa shape index (κ1) is 22.2. The molecule has 0 spiro atoms. The number of hydrogen-bond acceptors (Lipinski definition) is 4. The van der Waals surface area contributed by atoms with E-state index < -0.39 is 15.6 Å². The number of hydroxylamine groups is 3. The molecule has 8 nitrogen and oxygen atoms in total. The van der Waals surface area contributed by atoms with Gasteiger partial charge in [0, 0.05) is 0 Å². The summed E-state index contributed by atoms with van der Waals surface area (Å²) in [5, 5.41) is 0. The van der Waals surface area contributed by atoms with Crippen molar-refractivity contribution >= 4 is 15.6 Å². The molecule has 0 aliphatic rings. The molecule has 0 aromatic carbocycles. The van der Waals surface area contributed by atoms with Gasteiger partial charge in [-0.2, -0.15) is 8.96 Å². The van der Waals surface area contributed by atoms with Crippen molar-refractivity contribution in [2.24, 2.45) is 0 Å². The van der Waals surface area contributed by atoms with Gasteiger partial charge in [0.2, 0.25) is 0 Å². The third-order valence-electron chi connectivity index (χ3n) is 3.24. The summed E-state index contributed by atoms with van der Waals surface area (Å²) < 4.78 is 31.9. The minimum Gasteiger partial charge on any atom is -0.302 e. The second-order valence-corrected chi connectivity index (χ2v) is 8.15. The van der Waals surface area contributed by atoms with E-state index in [9.17, 15) is 14.0 Å². The molecule has 0 bridgehead atoms. The lowest BCUT2D eigenvalue weighted by atomic mass is 10.2. The summed E-state index contributed by atoms with van der Waals surface area (Å²) in [6.45, 7) is 7.51. The Labute approximate surface area is 132 Å². The van der Waals surface area contributed by atoms with Crippen LogP contribution >= 0.6 is 15.6 Å². The van der Waals surface area contributed by atoms with Crippen molar-refractivity contribution < 1.29 is 37.4 Å². The fraction of sp³-hybridized carbons (Fsp3) is 1.00.